The van der Waals surface area contributed by atoms with Crippen molar-refractivity contribution in [1.29, 1.82) is 0 Å². The summed E-state index contributed by atoms with van der Waals surface area (Å²) in [6, 6.07) is 6.84. The zero-order chi connectivity index (χ0) is 17.9. The lowest BCUT2D eigenvalue weighted by Gasteiger charge is -2.07. The van der Waals surface area contributed by atoms with Crippen LogP contribution in [0.15, 0.2) is 33.7 Å². The first-order valence-electron chi connectivity index (χ1n) is 8.10. The van der Waals surface area contributed by atoms with E-state index in [4.69, 9.17) is 4.52 Å². The first kappa shape index (κ1) is 17.1. The minimum Gasteiger partial charge on any atom is -0.339 e. The van der Waals surface area contributed by atoms with Gasteiger partial charge in [-0.25, -0.2) is 8.42 Å². The average Bonchev–Trinajstić information content (AvgIpc) is 2.84. The third-order valence-electron chi connectivity index (χ3n) is 5.92. The predicted octanol–water partition coefficient (Wildman–Crippen LogP) is 3.77. The lowest BCUT2D eigenvalue weighted by Crippen LogP contribution is -2.00. The van der Waals surface area contributed by atoms with Gasteiger partial charge in [-0.15, -0.1) is 0 Å². The van der Waals surface area contributed by atoms with Crippen molar-refractivity contribution >= 4 is 9.84 Å². The van der Waals surface area contributed by atoms with Gasteiger partial charge in [-0.2, -0.15) is 4.98 Å². The van der Waals surface area contributed by atoms with E-state index >= 15 is 0 Å². The van der Waals surface area contributed by atoms with Gasteiger partial charge in [-0.1, -0.05) is 45.0 Å². The number of hydrogen-bond acceptors (Lipinski definition) is 5. The molecule has 24 heavy (non-hydrogen) atoms. The number of sulfone groups is 1. The summed E-state index contributed by atoms with van der Waals surface area (Å²) in [7, 11) is -3.19. The van der Waals surface area contributed by atoms with Crippen molar-refractivity contribution in [3.63, 3.8) is 0 Å². The fourth-order valence-electron chi connectivity index (χ4n) is 3.53. The van der Waals surface area contributed by atoms with Gasteiger partial charge >= 0.3 is 0 Å². The molecule has 1 aliphatic carbocycles. The molecule has 5 nitrogen and oxygen atoms in total. The Morgan fingerprint density at radius 2 is 1.62 bits per heavy atom. The Labute approximate surface area is 143 Å². The number of nitrogens with zero attached hydrogens (tertiary/aromatic N) is 2. The summed E-state index contributed by atoms with van der Waals surface area (Å²) in [5.74, 6) is 1.54. The van der Waals surface area contributed by atoms with Crippen molar-refractivity contribution in [2.45, 2.75) is 51.3 Å². The highest BCUT2D eigenvalue weighted by molar-refractivity contribution is 7.90. The van der Waals surface area contributed by atoms with Crippen LogP contribution in [0, 0.1) is 10.8 Å². The summed E-state index contributed by atoms with van der Waals surface area (Å²) in [5, 5.41) is 4.19. The van der Waals surface area contributed by atoms with E-state index in [2.05, 4.69) is 37.8 Å². The average molecular weight is 348 g/mol. The minimum atomic E-state index is -3.19. The molecule has 1 saturated carbocycles. The van der Waals surface area contributed by atoms with Crippen molar-refractivity contribution in [3.05, 3.63) is 41.5 Å². The van der Waals surface area contributed by atoms with E-state index in [0.29, 0.717) is 16.7 Å². The zero-order valence-electron chi connectivity index (χ0n) is 15.0. The smallest absolute Gasteiger partial charge is 0.233 e. The Kier molecular flexibility index (Phi) is 3.68. The maximum atomic E-state index is 11.6. The van der Waals surface area contributed by atoms with Crippen LogP contribution in [0.3, 0.4) is 0 Å². The molecule has 0 saturated heterocycles. The Morgan fingerprint density at radius 1 is 1.08 bits per heavy atom. The van der Waals surface area contributed by atoms with Crippen LogP contribution in [-0.2, 0) is 9.84 Å². The molecule has 0 spiro atoms. The Bertz CT molecular complexity index is 850. The fraction of sp³-hybridized carbons (Fsp3) is 0.556. The molecule has 0 radical (unpaired) electrons. The third kappa shape index (κ3) is 2.57. The second-order valence-electron chi connectivity index (χ2n) is 7.93. The van der Waals surface area contributed by atoms with Crippen molar-refractivity contribution < 1.29 is 12.9 Å². The number of benzene rings is 1. The van der Waals surface area contributed by atoms with Gasteiger partial charge in [0, 0.05) is 12.2 Å². The summed E-state index contributed by atoms with van der Waals surface area (Å²) in [6.07, 6.45) is 1.20. The van der Waals surface area contributed by atoms with Gasteiger partial charge in [0.2, 0.25) is 5.89 Å². The van der Waals surface area contributed by atoms with E-state index in [1.54, 1.807) is 24.3 Å². The van der Waals surface area contributed by atoms with Crippen LogP contribution in [0.5, 0.6) is 0 Å². The fourth-order valence-corrected chi connectivity index (χ4v) is 4.16. The molecule has 2 aromatic rings. The van der Waals surface area contributed by atoms with Gasteiger partial charge in [-0.05, 0) is 35.4 Å². The molecule has 6 heteroatoms. The highest BCUT2D eigenvalue weighted by Crippen LogP contribution is 2.73. The van der Waals surface area contributed by atoms with Gasteiger partial charge in [0.1, 0.15) is 0 Å². The van der Waals surface area contributed by atoms with Gasteiger partial charge in [0.25, 0.3) is 0 Å². The molecular weight excluding hydrogens is 324 g/mol. The Balaban J connectivity index is 1.83. The van der Waals surface area contributed by atoms with Crippen molar-refractivity contribution in [1.82, 2.24) is 10.1 Å². The van der Waals surface area contributed by atoms with Crippen LogP contribution >= 0.6 is 0 Å². The maximum Gasteiger partial charge on any atom is 0.233 e. The first-order valence-corrected chi connectivity index (χ1v) is 9.99. The summed E-state index contributed by atoms with van der Waals surface area (Å²) >= 11 is 0. The monoisotopic (exact) mass is 348 g/mol. The van der Waals surface area contributed by atoms with Crippen LogP contribution in [0.4, 0.5) is 0 Å². The third-order valence-corrected chi connectivity index (χ3v) is 7.04. The summed E-state index contributed by atoms with van der Waals surface area (Å²) in [5.41, 5.74) is 1.27. The molecule has 1 atom stereocenters. The summed E-state index contributed by atoms with van der Waals surface area (Å²) in [4.78, 5) is 4.93. The van der Waals surface area contributed by atoms with Gasteiger partial charge in [0.05, 0.1) is 10.8 Å². The highest BCUT2D eigenvalue weighted by Gasteiger charge is 2.67. The number of rotatable bonds is 4. The molecule has 1 unspecified atom stereocenters. The molecule has 0 bridgehead atoms. The topological polar surface area (TPSA) is 73.1 Å². The molecule has 3 rings (SSSR count). The zero-order valence-corrected chi connectivity index (χ0v) is 15.8. The molecule has 0 aliphatic heterocycles. The summed E-state index contributed by atoms with van der Waals surface area (Å²) < 4.78 is 28.6. The predicted molar refractivity (Wildman–Crippen MR) is 91.7 cm³/mol. The highest BCUT2D eigenvalue weighted by atomic mass is 32.2. The molecular formula is C18H24N2O3S. The van der Waals surface area contributed by atoms with Crippen LogP contribution in [-0.4, -0.2) is 24.8 Å². The van der Waals surface area contributed by atoms with Crippen LogP contribution in [0.2, 0.25) is 0 Å². The van der Waals surface area contributed by atoms with E-state index < -0.39 is 9.84 Å². The number of hydrogen-bond donors (Lipinski definition) is 0. The second kappa shape index (κ2) is 5.15. The van der Waals surface area contributed by atoms with Gasteiger partial charge in [-0.3, -0.25) is 0 Å². The van der Waals surface area contributed by atoms with Crippen LogP contribution in [0.25, 0.3) is 0 Å². The van der Waals surface area contributed by atoms with Crippen molar-refractivity contribution in [3.8, 4) is 0 Å². The maximum absolute atomic E-state index is 11.6. The first-order chi connectivity index (χ1) is 11.0. The number of aromatic nitrogens is 2. The summed E-state index contributed by atoms with van der Waals surface area (Å²) in [6.45, 7) is 10.9. The standard InChI is InChI=1S/C18H24N2O3S/c1-11(12-7-9-13(10-8-12)24(6,21)22)16-19-15(20-23-16)14-17(2,3)18(14,4)5/h7-11,14H,1-6H3. The van der Waals surface area contributed by atoms with Crippen molar-refractivity contribution in [2.75, 3.05) is 6.26 Å². The normalized spacial score (nSPS) is 20.8. The molecule has 1 aliphatic rings. The molecule has 1 heterocycles. The molecule has 0 amide bonds. The SMILES string of the molecule is CC(c1ccc(S(C)(=O)=O)cc1)c1nc(C2C(C)(C)C2(C)C)no1. The second-order valence-corrected chi connectivity index (χ2v) is 9.95. The van der Waals surface area contributed by atoms with Gasteiger partial charge in [0.15, 0.2) is 15.7 Å². The van der Waals surface area contributed by atoms with E-state index in [0.717, 1.165) is 11.4 Å². The molecule has 1 aromatic carbocycles. The van der Waals surface area contributed by atoms with Crippen LogP contribution < -0.4 is 0 Å². The van der Waals surface area contributed by atoms with E-state index in [1.165, 1.54) is 6.26 Å². The van der Waals surface area contributed by atoms with E-state index in [9.17, 15) is 8.42 Å². The van der Waals surface area contributed by atoms with E-state index in [-0.39, 0.29) is 16.7 Å². The van der Waals surface area contributed by atoms with Crippen molar-refractivity contribution in [2.24, 2.45) is 10.8 Å². The van der Waals surface area contributed by atoms with Gasteiger partial charge < -0.3 is 4.52 Å². The molecule has 1 fully saturated rings. The molecule has 130 valence electrons. The lowest BCUT2D eigenvalue weighted by molar-refractivity contribution is 0.364. The largest absolute Gasteiger partial charge is 0.339 e. The molecule has 0 N–H and O–H groups in total. The Hall–Kier alpha value is -1.69. The Morgan fingerprint density at radius 3 is 2.08 bits per heavy atom. The van der Waals surface area contributed by atoms with E-state index in [1.807, 2.05) is 6.92 Å². The van der Waals surface area contributed by atoms with Crippen LogP contribution in [0.1, 0.15) is 63.7 Å². The molecule has 1 aromatic heterocycles. The quantitative estimate of drug-likeness (QED) is 0.841. The lowest BCUT2D eigenvalue weighted by atomic mass is 10.0. The minimum absolute atomic E-state index is 0.0789.